The number of likely N-dealkylation sites (N-methyl/N-ethyl adjacent to an activating group) is 3. The smallest absolute Gasteiger partial charge is 0.306 e. The number of nitrogens with two attached hydrogens (primary N) is 1. The first-order valence-corrected chi connectivity index (χ1v) is 32.4. The van der Waals surface area contributed by atoms with Crippen molar-refractivity contribution >= 4 is 69.6 Å². The molecule has 0 radical (unpaired) electrons. The molecule has 6 N–H and O–H groups in total. The summed E-state index contributed by atoms with van der Waals surface area (Å²) >= 11 is 19.0. The summed E-state index contributed by atoms with van der Waals surface area (Å²) in [5, 5.41) is 26.3. The van der Waals surface area contributed by atoms with E-state index >= 15 is 0 Å². The van der Waals surface area contributed by atoms with Crippen LogP contribution in [-0.4, -0.2) is 116 Å². The van der Waals surface area contributed by atoms with Gasteiger partial charge >= 0.3 is 5.97 Å². The monoisotopic (exact) mass is 1230 g/mol. The summed E-state index contributed by atoms with van der Waals surface area (Å²) in [7, 11) is 10.0. The number of halogens is 3. The van der Waals surface area contributed by atoms with E-state index in [4.69, 9.17) is 55.1 Å². The Morgan fingerprint density at radius 1 is 0.460 bits per heavy atom. The molecule has 15 rings (SSSR count). The normalized spacial score (nSPS) is 23.3. The van der Waals surface area contributed by atoms with Crippen LogP contribution in [0.5, 0.6) is 17.2 Å². The van der Waals surface area contributed by atoms with Crippen molar-refractivity contribution in [2.75, 3.05) is 71.4 Å². The number of carbonyl (C=O) groups is 3. The summed E-state index contributed by atoms with van der Waals surface area (Å²) in [6, 6.07) is 32.9. The lowest BCUT2D eigenvalue weighted by molar-refractivity contribution is -0.138. The first-order valence-electron chi connectivity index (χ1n) is 31.3. The molecule has 0 spiro atoms. The largest absolute Gasteiger partial charge is 0.506 e. The van der Waals surface area contributed by atoms with E-state index in [0.29, 0.717) is 45.0 Å². The Labute approximate surface area is 526 Å². The number of carbonyl (C=O) groups excluding carboxylic acids is 2. The van der Waals surface area contributed by atoms with E-state index in [0.717, 1.165) is 145 Å². The molecular weight excluding hydrogens is 1160 g/mol. The minimum atomic E-state index is -0.630. The maximum atomic E-state index is 12.2. The third-order valence-electron chi connectivity index (χ3n) is 20.0. The highest BCUT2D eigenvalue weighted by atomic mass is 35.5. The minimum absolute atomic E-state index is 0.0185. The molecule has 87 heavy (non-hydrogen) atoms. The van der Waals surface area contributed by atoms with Crippen molar-refractivity contribution in [1.29, 1.82) is 0 Å². The van der Waals surface area contributed by atoms with Gasteiger partial charge in [-0.25, -0.2) is 0 Å². The number of nitrogens with one attached hydrogen (secondary N) is 2. The Bertz CT molecular complexity index is 3620. The zero-order valence-electron chi connectivity index (χ0n) is 50.6. The van der Waals surface area contributed by atoms with E-state index in [9.17, 15) is 19.5 Å². The van der Waals surface area contributed by atoms with Crippen LogP contribution in [0.2, 0.25) is 15.1 Å². The third-order valence-corrected chi connectivity index (χ3v) is 20.9. The van der Waals surface area contributed by atoms with E-state index in [-0.39, 0.29) is 41.2 Å². The summed E-state index contributed by atoms with van der Waals surface area (Å²) in [5.41, 5.74) is 24.5. The van der Waals surface area contributed by atoms with Crippen LogP contribution in [0, 0.1) is 17.8 Å². The Kier molecular flexibility index (Phi) is 18.0. The molecule has 0 unspecified atom stereocenters. The first-order chi connectivity index (χ1) is 41.9. The number of nitrogen functional groups attached to an aromatic ring is 1. The molecule has 3 heterocycles. The molecule has 6 aromatic carbocycles. The second-order valence-corrected chi connectivity index (χ2v) is 27.0. The van der Waals surface area contributed by atoms with E-state index in [2.05, 4.69) is 113 Å². The van der Waals surface area contributed by atoms with Crippen LogP contribution in [0.1, 0.15) is 142 Å². The number of hydrogen-bond donors (Lipinski definition) is 5. The fourth-order valence-electron chi connectivity index (χ4n) is 14.7. The number of carboxylic acids is 1. The maximum Gasteiger partial charge on any atom is 0.306 e. The number of carboxylic acid groups (broad SMARTS) is 1. The maximum absolute atomic E-state index is 12.2. The Morgan fingerprint density at radius 3 is 1.18 bits per heavy atom. The number of ether oxygens (including phenoxy) is 2. The van der Waals surface area contributed by atoms with Gasteiger partial charge in [0.25, 0.3) is 0 Å². The lowest BCUT2D eigenvalue weighted by Crippen LogP contribution is -2.39. The van der Waals surface area contributed by atoms with Gasteiger partial charge in [-0.15, -0.1) is 0 Å². The van der Waals surface area contributed by atoms with E-state index < -0.39 is 5.97 Å². The second kappa shape index (κ2) is 25.6. The van der Waals surface area contributed by atoms with Crippen LogP contribution in [-0.2, 0) is 52.9 Å². The molecule has 16 heteroatoms. The third kappa shape index (κ3) is 13.1. The van der Waals surface area contributed by atoms with Crippen LogP contribution < -0.4 is 25.8 Å². The number of methoxy groups -OCH3 is 2. The molecule has 13 nitrogen and oxygen atoms in total. The summed E-state index contributed by atoms with van der Waals surface area (Å²) in [5.74, 6) is 2.64. The highest BCUT2D eigenvalue weighted by molar-refractivity contribution is 6.32. The topological polar surface area (TPSA) is 170 Å². The highest BCUT2D eigenvalue weighted by Crippen LogP contribution is 2.49. The van der Waals surface area contributed by atoms with E-state index in [1.54, 1.807) is 14.2 Å². The van der Waals surface area contributed by atoms with Crippen molar-refractivity contribution in [2.24, 2.45) is 17.8 Å². The zero-order chi connectivity index (χ0) is 60.9. The number of phenolic OH excluding ortho intramolecular Hbond substituents is 1. The molecule has 6 atom stereocenters. The van der Waals surface area contributed by atoms with Gasteiger partial charge in [-0.1, -0.05) is 53.0 Å². The standard InChI is InChI=1S/C24H27ClN2O2.C23H25ClN2O2.C20H23ClN2O.C4H6O2/c1-27-10-9-16-12-20(25)22(29-2)13-19(16)23-18-7-6-17(26-24(28)14-3-4-14)11-15(18)5-8-21(23)27;1-26-9-8-15-11-19(24)21(27)12-18(15)22-17-6-5-16(25-23(28)13-2-3-13)10-14(17)4-7-20(22)26;1-23-8-7-13-10-17(21)19(24-2)11-16(13)20-15-5-4-14(22)9-12(15)3-6-18(20)23;5-4(6)3-1-2-3/h6-7,11-14,21,23H,3-5,8-10H2,1-2H3,(H,26,28);5-6,10-13,20,22,27H,2-4,7-9H2,1H3,(H,25,28);4-5,9-11,18,20H,3,6-8,22H2,1-2H3;3H,1-2H2,(H,5,6)/t21-,23+;20-,22+;18-,20+;/m000./s1. The van der Waals surface area contributed by atoms with Gasteiger partial charge in [-0.3, -0.25) is 14.4 Å². The van der Waals surface area contributed by atoms with Gasteiger partial charge in [0.1, 0.15) is 17.2 Å². The molecule has 6 aliphatic carbocycles. The summed E-state index contributed by atoms with van der Waals surface area (Å²) in [4.78, 5) is 41.5. The van der Waals surface area contributed by atoms with Gasteiger partial charge in [0.15, 0.2) is 0 Å². The molecule has 3 fully saturated rings. The molecular formula is C71H81Cl3N6O7. The SMILES string of the molecule is CN1CCc2cc(Cl)c(O)cc2[C@H]2c3ccc(NC(=O)C4CC4)cc3CC[C@@H]21.COc1cc2c(cc1Cl)CCN(C)[C@H]1CCc3cc(N)ccc3[C@H]21.COc1cc2c(cc1Cl)CCN(C)[C@H]1CCc3cc(NC(=O)C4CC4)ccc3[C@H]21.O=C(O)C1CC1. The molecule has 3 saturated carbocycles. The molecule has 3 aliphatic heterocycles. The van der Waals surface area contributed by atoms with Gasteiger partial charge < -0.3 is 50.8 Å². The predicted molar refractivity (Wildman–Crippen MR) is 347 cm³/mol. The molecule has 9 aliphatic rings. The lowest BCUT2D eigenvalue weighted by Gasteiger charge is -2.38. The average Bonchev–Trinajstić information content (AvgIpc) is 1.89. The first kappa shape index (κ1) is 60.9. The van der Waals surface area contributed by atoms with Crippen molar-refractivity contribution in [1.82, 2.24) is 14.7 Å². The molecule has 6 aromatic rings. The van der Waals surface area contributed by atoms with Crippen LogP contribution >= 0.6 is 34.8 Å². The number of fused-ring (bicyclic) bond motifs is 15. The Morgan fingerprint density at radius 2 is 0.816 bits per heavy atom. The van der Waals surface area contributed by atoms with Crippen LogP contribution in [0.15, 0.2) is 91.0 Å². The van der Waals surface area contributed by atoms with Crippen molar-refractivity contribution in [3.63, 3.8) is 0 Å². The quantitative estimate of drug-likeness (QED) is 0.0964. The van der Waals surface area contributed by atoms with Crippen LogP contribution in [0.3, 0.4) is 0 Å². The van der Waals surface area contributed by atoms with Crippen LogP contribution in [0.4, 0.5) is 17.1 Å². The second-order valence-electron chi connectivity index (χ2n) is 25.7. The van der Waals surface area contributed by atoms with Gasteiger partial charge in [0.2, 0.25) is 11.8 Å². The van der Waals surface area contributed by atoms with Crippen LogP contribution in [0.25, 0.3) is 0 Å². The molecule has 458 valence electrons. The fourth-order valence-corrected chi connectivity index (χ4v) is 15.4. The summed E-state index contributed by atoms with van der Waals surface area (Å²) in [6.07, 6.45) is 15.3. The Balaban J connectivity index is 0.000000122. The summed E-state index contributed by atoms with van der Waals surface area (Å²) < 4.78 is 11.0. The van der Waals surface area contributed by atoms with Gasteiger partial charge in [-0.05, 0) is 257 Å². The van der Waals surface area contributed by atoms with Crippen molar-refractivity contribution in [3.05, 3.63) is 173 Å². The van der Waals surface area contributed by atoms with Crippen molar-refractivity contribution in [3.8, 4) is 17.2 Å². The van der Waals surface area contributed by atoms with E-state index in [1.165, 1.54) is 66.8 Å². The van der Waals surface area contributed by atoms with Crippen molar-refractivity contribution < 1.29 is 34.1 Å². The number of nitrogens with zero attached hydrogens (tertiary/aromatic N) is 3. The zero-order valence-corrected chi connectivity index (χ0v) is 52.8. The number of benzene rings is 6. The number of amides is 2. The molecule has 0 bridgehead atoms. The van der Waals surface area contributed by atoms with E-state index in [1.807, 2.05) is 24.3 Å². The average molecular weight is 1240 g/mol. The van der Waals surface area contributed by atoms with Gasteiger partial charge in [0, 0.05) is 84.4 Å². The number of anilines is 3. The van der Waals surface area contributed by atoms with Gasteiger partial charge in [-0.2, -0.15) is 0 Å². The number of aliphatic carboxylic acids is 1. The predicted octanol–water partition coefficient (Wildman–Crippen LogP) is 13.3. The number of rotatable bonds is 7. The highest BCUT2D eigenvalue weighted by Gasteiger charge is 2.41. The fraction of sp³-hybridized carbons (Fsp3) is 0.451. The number of aryl methyl sites for hydroxylation is 3. The molecule has 0 saturated heterocycles. The molecule has 2 amide bonds. The summed E-state index contributed by atoms with van der Waals surface area (Å²) in [6.45, 7) is 3.07. The molecule has 0 aromatic heterocycles. The van der Waals surface area contributed by atoms with Crippen molar-refractivity contribution in [2.45, 2.75) is 132 Å². The number of hydrogen-bond acceptors (Lipinski definition) is 10. The lowest BCUT2D eigenvalue weighted by atomic mass is 9.74. The number of aromatic hydroxyl groups is 1. The number of phenols is 1. The Hall–Kier alpha value is -6.32. The minimum Gasteiger partial charge on any atom is -0.506 e. The van der Waals surface area contributed by atoms with Gasteiger partial charge in [0.05, 0.1) is 35.2 Å².